The first-order valence-corrected chi connectivity index (χ1v) is 9.20. The molecule has 5 saturated carbocycles. The summed E-state index contributed by atoms with van der Waals surface area (Å²) >= 11 is 0. The molecule has 20 heavy (non-hydrogen) atoms. The van der Waals surface area contributed by atoms with Crippen molar-refractivity contribution in [2.24, 2.45) is 34.0 Å². The third-order valence-corrected chi connectivity index (χ3v) is 8.58. The molecule has 5 aliphatic carbocycles. The van der Waals surface area contributed by atoms with Gasteiger partial charge in [-0.05, 0) is 67.6 Å². The Morgan fingerprint density at radius 2 is 1.65 bits per heavy atom. The van der Waals surface area contributed by atoms with E-state index in [9.17, 15) is 0 Å². The van der Waals surface area contributed by atoms with Crippen molar-refractivity contribution in [3.63, 3.8) is 0 Å². The SMILES string of the molecule is C[C+]1C[C@]23CC[C@H]1C[C@H]2[C@]1(C)CCCC(C)(C)[C@H]1CC3. The quantitative estimate of drug-likeness (QED) is 0.474. The third-order valence-electron chi connectivity index (χ3n) is 8.58. The molecule has 1 spiro atoms. The van der Waals surface area contributed by atoms with Gasteiger partial charge in [-0.2, -0.15) is 0 Å². The first-order chi connectivity index (χ1) is 9.37. The Hall–Kier alpha value is -0.130. The van der Waals surface area contributed by atoms with Crippen LogP contribution >= 0.6 is 0 Å². The van der Waals surface area contributed by atoms with Gasteiger partial charge in [0.1, 0.15) is 5.92 Å². The molecule has 0 aromatic rings. The zero-order valence-electron chi connectivity index (χ0n) is 14.1. The average molecular weight is 273 g/mol. The van der Waals surface area contributed by atoms with E-state index in [0.717, 1.165) is 23.2 Å². The lowest BCUT2D eigenvalue weighted by Gasteiger charge is -2.66. The van der Waals surface area contributed by atoms with Crippen molar-refractivity contribution >= 4 is 0 Å². The summed E-state index contributed by atoms with van der Waals surface area (Å²) in [5.41, 5.74) is 2.00. The Bertz CT molecular complexity index is 408. The summed E-state index contributed by atoms with van der Waals surface area (Å²) in [7, 11) is 0. The van der Waals surface area contributed by atoms with Crippen LogP contribution < -0.4 is 0 Å². The summed E-state index contributed by atoms with van der Waals surface area (Å²) in [6, 6.07) is 0. The van der Waals surface area contributed by atoms with E-state index >= 15 is 0 Å². The van der Waals surface area contributed by atoms with Crippen molar-refractivity contribution in [1.82, 2.24) is 0 Å². The molecule has 0 amide bonds. The Balaban J connectivity index is 1.73. The fraction of sp³-hybridized carbons (Fsp3) is 0.950. The number of rotatable bonds is 0. The fourth-order valence-electron chi connectivity index (χ4n) is 7.74. The maximum atomic E-state index is 2.71. The van der Waals surface area contributed by atoms with Crippen molar-refractivity contribution in [3.05, 3.63) is 5.92 Å². The van der Waals surface area contributed by atoms with Crippen LogP contribution in [-0.4, -0.2) is 0 Å². The molecule has 0 aliphatic heterocycles. The minimum atomic E-state index is 0.601. The number of hydrogen-bond donors (Lipinski definition) is 0. The molecule has 5 rings (SSSR count). The van der Waals surface area contributed by atoms with E-state index in [1.165, 1.54) is 38.5 Å². The van der Waals surface area contributed by atoms with E-state index in [1.807, 2.05) is 5.92 Å². The van der Waals surface area contributed by atoms with E-state index in [0.29, 0.717) is 10.8 Å². The minimum Gasteiger partial charge on any atom is -0.0596 e. The van der Waals surface area contributed by atoms with Crippen LogP contribution in [0.5, 0.6) is 0 Å². The molecule has 0 radical (unpaired) electrons. The minimum absolute atomic E-state index is 0.601. The van der Waals surface area contributed by atoms with Gasteiger partial charge in [0.15, 0.2) is 0 Å². The average Bonchev–Trinajstić information content (AvgIpc) is 2.37. The molecule has 0 aromatic heterocycles. The van der Waals surface area contributed by atoms with Crippen molar-refractivity contribution in [2.45, 2.75) is 85.5 Å². The fourth-order valence-corrected chi connectivity index (χ4v) is 7.74. The summed E-state index contributed by atoms with van der Waals surface area (Å²) < 4.78 is 0. The largest absolute Gasteiger partial charge is 0.100 e. The molecule has 5 aliphatic rings. The summed E-state index contributed by atoms with van der Waals surface area (Å²) in [6.45, 7) is 10.3. The molecule has 0 aromatic carbocycles. The van der Waals surface area contributed by atoms with Crippen LogP contribution in [0.25, 0.3) is 0 Å². The summed E-state index contributed by atoms with van der Waals surface area (Å²) in [6.07, 6.45) is 13.7. The Labute approximate surface area is 126 Å². The third kappa shape index (κ3) is 1.57. The van der Waals surface area contributed by atoms with Gasteiger partial charge in [-0.25, -0.2) is 0 Å². The predicted octanol–water partition coefficient (Wildman–Crippen LogP) is 6.01. The van der Waals surface area contributed by atoms with Crippen LogP contribution in [0.15, 0.2) is 0 Å². The molecule has 0 heterocycles. The highest BCUT2D eigenvalue weighted by atomic mass is 14.7. The highest BCUT2D eigenvalue weighted by Crippen LogP contribution is 2.72. The van der Waals surface area contributed by atoms with Gasteiger partial charge in [0.25, 0.3) is 0 Å². The van der Waals surface area contributed by atoms with Gasteiger partial charge in [0.2, 0.25) is 0 Å². The van der Waals surface area contributed by atoms with Gasteiger partial charge in [-0.15, -0.1) is 0 Å². The Kier molecular flexibility index (Phi) is 2.70. The Morgan fingerprint density at radius 1 is 0.900 bits per heavy atom. The van der Waals surface area contributed by atoms with E-state index in [4.69, 9.17) is 0 Å². The molecular formula is C20H33+. The van der Waals surface area contributed by atoms with Gasteiger partial charge >= 0.3 is 0 Å². The maximum Gasteiger partial charge on any atom is 0.100 e. The van der Waals surface area contributed by atoms with Crippen LogP contribution in [-0.2, 0) is 0 Å². The highest BCUT2D eigenvalue weighted by molar-refractivity contribution is 5.18. The lowest BCUT2D eigenvalue weighted by atomic mass is 9.36. The lowest BCUT2D eigenvalue weighted by Crippen LogP contribution is -2.60. The molecule has 112 valence electrons. The van der Waals surface area contributed by atoms with E-state index < -0.39 is 0 Å². The Morgan fingerprint density at radius 3 is 2.40 bits per heavy atom. The van der Waals surface area contributed by atoms with Gasteiger partial charge in [-0.1, -0.05) is 27.2 Å². The molecule has 0 saturated heterocycles. The van der Waals surface area contributed by atoms with Crippen LogP contribution in [0.3, 0.4) is 0 Å². The van der Waals surface area contributed by atoms with Crippen molar-refractivity contribution in [2.75, 3.05) is 0 Å². The topological polar surface area (TPSA) is 0 Å². The van der Waals surface area contributed by atoms with Crippen LogP contribution in [0.4, 0.5) is 0 Å². The zero-order chi connectivity index (χ0) is 14.2. The standard InChI is InChI=1S/C20H33/c1-14-13-20-10-6-15(14)12-17(20)19(4)9-5-8-18(2,3)16(19)7-11-20/h15-17H,5-13H2,1-4H3/q+1/t15-,16+,17-,19+,20+/m0/s1. The van der Waals surface area contributed by atoms with E-state index in [-0.39, 0.29) is 0 Å². The van der Waals surface area contributed by atoms with Gasteiger partial charge < -0.3 is 0 Å². The predicted molar refractivity (Wildman–Crippen MR) is 85.3 cm³/mol. The highest BCUT2D eigenvalue weighted by Gasteiger charge is 2.66. The molecule has 0 N–H and O–H groups in total. The van der Waals surface area contributed by atoms with Crippen LogP contribution in [0, 0.1) is 39.9 Å². The molecule has 5 fully saturated rings. The summed E-state index contributed by atoms with van der Waals surface area (Å²) in [4.78, 5) is 0. The van der Waals surface area contributed by atoms with E-state index in [2.05, 4.69) is 27.7 Å². The van der Waals surface area contributed by atoms with Crippen molar-refractivity contribution in [3.8, 4) is 0 Å². The normalized spacial score (nSPS) is 53.4. The summed E-state index contributed by atoms with van der Waals surface area (Å²) in [5, 5.41) is 0. The number of fused-ring (bicyclic) bond motifs is 3. The summed E-state index contributed by atoms with van der Waals surface area (Å²) in [5.74, 6) is 4.90. The van der Waals surface area contributed by atoms with Crippen LogP contribution in [0.2, 0.25) is 0 Å². The molecule has 5 atom stereocenters. The van der Waals surface area contributed by atoms with Gasteiger partial charge in [0, 0.05) is 5.41 Å². The van der Waals surface area contributed by atoms with Gasteiger partial charge in [-0.3, -0.25) is 0 Å². The van der Waals surface area contributed by atoms with Crippen molar-refractivity contribution in [1.29, 1.82) is 0 Å². The number of hydrogen-bond acceptors (Lipinski definition) is 0. The molecule has 0 unspecified atom stereocenters. The van der Waals surface area contributed by atoms with Gasteiger partial charge in [0.05, 0.1) is 19.3 Å². The second-order valence-electron chi connectivity index (χ2n) is 9.85. The second kappa shape index (κ2) is 3.99. The zero-order valence-corrected chi connectivity index (χ0v) is 14.1. The molecule has 2 bridgehead atoms. The first kappa shape index (κ1) is 13.5. The smallest absolute Gasteiger partial charge is 0.0596 e. The molecule has 0 nitrogen and oxygen atoms in total. The molecular weight excluding hydrogens is 240 g/mol. The molecule has 0 heteroatoms. The van der Waals surface area contributed by atoms with Crippen molar-refractivity contribution < 1.29 is 0 Å². The first-order valence-electron chi connectivity index (χ1n) is 9.20. The van der Waals surface area contributed by atoms with Crippen LogP contribution in [0.1, 0.15) is 85.5 Å². The second-order valence-corrected chi connectivity index (χ2v) is 9.85. The lowest BCUT2D eigenvalue weighted by molar-refractivity contribution is -0.173. The van der Waals surface area contributed by atoms with E-state index in [1.54, 1.807) is 19.3 Å². The maximum absolute atomic E-state index is 2.71. The monoisotopic (exact) mass is 273 g/mol.